The summed E-state index contributed by atoms with van der Waals surface area (Å²) >= 11 is 0. The van der Waals surface area contributed by atoms with Gasteiger partial charge in [-0.3, -0.25) is 14.4 Å². The van der Waals surface area contributed by atoms with E-state index in [1.165, 1.54) is 0 Å². The van der Waals surface area contributed by atoms with Crippen LogP contribution in [-0.4, -0.2) is 59.5 Å². The molecule has 202 valence electrons. The minimum absolute atomic E-state index is 0.0484. The Morgan fingerprint density at radius 2 is 1.39 bits per heavy atom. The van der Waals surface area contributed by atoms with Crippen LogP contribution >= 0.6 is 0 Å². The van der Waals surface area contributed by atoms with E-state index >= 15 is 0 Å². The number of aliphatic carboxylic acids is 1. The van der Waals surface area contributed by atoms with Crippen LogP contribution < -0.4 is 27.4 Å². The molecule has 0 saturated heterocycles. The lowest BCUT2D eigenvalue weighted by Crippen LogP contribution is -2.58. The number of hydrogen-bond acceptors (Lipinski definition) is 6. The van der Waals surface area contributed by atoms with E-state index in [4.69, 9.17) is 11.5 Å². The van der Waals surface area contributed by atoms with Crippen LogP contribution in [0, 0.1) is 11.8 Å². The van der Waals surface area contributed by atoms with Gasteiger partial charge in [0.2, 0.25) is 17.7 Å². The van der Waals surface area contributed by atoms with Gasteiger partial charge in [-0.1, -0.05) is 58.0 Å². The van der Waals surface area contributed by atoms with E-state index in [0.29, 0.717) is 19.4 Å². The van der Waals surface area contributed by atoms with Gasteiger partial charge in [-0.2, -0.15) is 0 Å². The van der Waals surface area contributed by atoms with E-state index in [9.17, 15) is 24.3 Å². The molecular formula is C26H43N5O5. The van der Waals surface area contributed by atoms with E-state index in [-0.39, 0.29) is 31.1 Å². The summed E-state index contributed by atoms with van der Waals surface area (Å²) in [4.78, 5) is 50.7. The monoisotopic (exact) mass is 505 g/mol. The number of amides is 3. The Bertz CT molecular complexity index is 846. The van der Waals surface area contributed by atoms with Gasteiger partial charge in [0.05, 0.1) is 6.04 Å². The van der Waals surface area contributed by atoms with Crippen LogP contribution in [-0.2, 0) is 25.6 Å². The molecule has 0 bridgehead atoms. The first-order valence-corrected chi connectivity index (χ1v) is 12.6. The normalized spacial score (nSPS) is 14.6. The Labute approximate surface area is 213 Å². The third-order valence-electron chi connectivity index (χ3n) is 5.84. The number of nitrogens with two attached hydrogens (primary N) is 2. The van der Waals surface area contributed by atoms with Gasteiger partial charge >= 0.3 is 5.97 Å². The summed E-state index contributed by atoms with van der Waals surface area (Å²) in [6, 6.07) is 5.35. The second kappa shape index (κ2) is 15.9. The van der Waals surface area contributed by atoms with E-state index in [2.05, 4.69) is 16.0 Å². The van der Waals surface area contributed by atoms with Gasteiger partial charge in [0.1, 0.15) is 18.1 Å². The first kappa shape index (κ1) is 31.1. The van der Waals surface area contributed by atoms with E-state index < -0.39 is 47.9 Å². The van der Waals surface area contributed by atoms with Crippen molar-refractivity contribution in [2.24, 2.45) is 23.3 Å². The summed E-state index contributed by atoms with van der Waals surface area (Å²) in [5, 5.41) is 17.5. The zero-order chi connectivity index (χ0) is 27.3. The average molecular weight is 506 g/mol. The smallest absolute Gasteiger partial charge is 0.326 e. The van der Waals surface area contributed by atoms with Crippen LogP contribution in [0.5, 0.6) is 0 Å². The molecule has 4 atom stereocenters. The number of carbonyl (C=O) groups is 4. The van der Waals surface area contributed by atoms with Crippen molar-refractivity contribution in [3.63, 3.8) is 0 Å². The van der Waals surface area contributed by atoms with Crippen LogP contribution in [0.4, 0.5) is 0 Å². The fourth-order valence-electron chi connectivity index (χ4n) is 3.63. The number of carboxylic acids is 1. The number of hydrogen-bond donors (Lipinski definition) is 6. The van der Waals surface area contributed by atoms with Crippen molar-refractivity contribution >= 4 is 23.7 Å². The van der Waals surface area contributed by atoms with Crippen molar-refractivity contribution in [1.82, 2.24) is 16.0 Å². The Hall–Kier alpha value is -2.98. The topological polar surface area (TPSA) is 177 Å². The van der Waals surface area contributed by atoms with Gasteiger partial charge in [-0.15, -0.1) is 0 Å². The van der Waals surface area contributed by atoms with Gasteiger partial charge in [0.15, 0.2) is 0 Å². The molecule has 3 amide bonds. The molecule has 0 spiro atoms. The molecule has 0 saturated carbocycles. The highest BCUT2D eigenvalue weighted by atomic mass is 16.4. The SMILES string of the molecule is CC(C)CC(NC(=O)C(CCCCN)NC(=O)C(Cc1ccccc1)NC(=O)C(N)C(C)C)C(=O)O. The van der Waals surface area contributed by atoms with Gasteiger partial charge < -0.3 is 32.5 Å². The molecular weight excluding hydrogens is 462 g/mol. The zero-order valence-electron chi connectivity index (χ0n) is 21.8. The summed E-state index contributed by atoms with van der Waals surface area (Å²) in [7, 11) is 0. The molecule has 10 nitrogen and oxygen atoms in total. The highest BCUT2D eigenvalue weighted by Crippen LogP contribution is 2.10. The fraction of sp³-hybridized carbons (Fsp3) is 0.615. The van der Waals surface area contributed by atoms with Gasteiger partial charge in [-0.05, 0) is 49.6 Å². The predicted octanol–water partition coefficient (Wildman–Crippen LogP) is 0.927. The second-order valence-corrected chi connectivity index (χ2v) is 9.90. The molecule has 0 radical (unpaired) electrons. The largest absolute Gasteiger partial charge is 0.480 e. The van der Waals surface area contributed by atoms with Crippen LogP contribution in [0.15, 0.2) is 30.3 Å². The molecule has 0 fully saturated rings. The first-order chi connectivity index (χ1) is 17.0. The highest BCUT2D eigenvalue weighted by Gasteiger charge is 2.31. The number of nitrogens with one attached hydrogen (secondary N) is 3. The van der Waals surface area contributed by atoms with Crippen molar-refractivity contribution in [1.29, 1.82) is 0 Å². The zero-order valence-corrected chi connectivity index (χ0v) is 21.8. The molecule has 10 heteroatoms. The maximum Gasteiger partial charge on any atom is 0.326 e. The van der Waals surface area contributed by atoms with E-state index in [1.54, 1.807) is 0 Å². The highest BCUT2D eigenvalue weighted by molar-refractivity contribution is 5.94. The van der Waals surface area contributed by atoms with Crippen LogP contribution in [0.3, 0.4) is 0 Å². The standard InChI is InChI=1S/C26H43N5O5/c1-16(2)14-21(26(35)36)31-23(32)19(12-8-9-13-27)29-24(33)20(15-18-10-6-5-7-11-18)30-25(34)22(28)17(3)4/h5-7,10-11,16-17,19-22H,8-9,12-15,27-28H2,1-4H3,(H,29,33)(H,30,34)(H,31,32)(H,35,36). The summed E-state index contributed by atoms with van der Waals surface area (Å²) in [5.41, 5.74) is 12.4. The third kappa shape index (κ3) is 11.2. The molecule has 1 rings (SSSR count). The number of benzene rings is 1. The maximum atomic E-state index is 13.3. The molecule has 0 aromatic heterocycles. The molecule has 0 heterocycles. The van der Waals surface area contributed by atoms with Gasteiger partial charge in [-0.25, -0.2) is 4.79 Å². The van der Waals surface area contributed by atoms with Gasteiger partial charge in [0, 0.05) is 6.42 Å². The fourth-order valence-corrected chi connectivity index (χ4v) is 3.63. The summed E-state index contributed by atoms with van der Waals surface area (Å²) < 4.78 is 0. The second-order valence-electron chi connectivity index (χ2n) is 9.90. The van der Waals surface area contributed by atoms with Crippen LogP contribution in [0.25, 0.3) is 0 Å². The van der Waals surface area contributed by atoms with Crippen molar-refractivity contribution in [2.75, 3.05) is 6.54 Å². The lowest BCUT2D eigenvalue weighted by atomic mass is 10.0. The summed E-state index contributed by atoms with van der Waals surface area (Å²) in [5.74, 6) is -2.82. The maximum absolute atomic E-state index is 13.3. The van der Waals surface area contributed by atoms with E-state index in [0.717, 1.165) is 5.56 Å². The molecule has 1 aromatic rings. The van der Waals surface area contributed by atoms with Crippen molar-refractivity contribution in [3.05, 3.63) is 35.9 Å². The summed E-state index contributed by atoms with van der Waals surface area (Å²) in [6.45, 7) is 7.77. The summed E-state index contributed by atoms with van der Waals surface area (Å²) in [6.07, 6.45) is 1.93. The Balaban J connectivity index is 3.10. The molecule has 0 aliphatic carbocycles. The number of carboxylic acid groups (broad SMARTS) is 1. The molecule has 1 aromatic carbocycles. The quantitative estimate of drug-likeness (QED) is 0.181. The van der Waals surface area contributed by atoms with E-state index in [1.807, 2.05) is 58.0 Å². The van der Waals surface area contributed by atoms with Crippen molar-refractivity contribution in [3.8, 4) is 0 Å². The lowest BCUT2D eigenvalue weighted by molar-refractivity contribution is -0.142. The first-order valence-electron chi connectivity index (χ1n) is 12.6. The molecule has 0 aliphatic rings. The molecule has 4 unspecified atom stereocenters. The lowest BCUT2D eigenvalue weighted by Gasteiger charge is -2.26. The predicted molar refractivity (Wildman–Crippen MR) is 139 cm³/mol. The molecule has 8 N–H and O–H groups in total. The molecule has 36 heavy (non-hydrogen) atoms. The Kier molecular flexibility index (Phi) is 13.7. The Morgan fingerprint density at radius 3 is 1.92 bits per heavy atom. The number of rotatable bonds is 16. The average Bonchev–Trinajstić information content (AvgIpc) is 2.82. The van der Waals surface area contributed by atoms with Crippen LogP contribution in [0.2, 0.25) is 0 Å². The number of carbonyl (C=O) groups excluding carboxylic acids is 3. The third-order valence-corrected chi connectivity index (χ3v) is 5.84. The minimum atomic E-state index is -1.14. The van der Waals surface area contributed by atoms with Crippen molar-refractivity contribution in [2.45, 2.75) is 84.0 Å². The van der Waals surface area contributed by atoms with Crippen LogP contribution in [0.1, 0.15) is 58.9 Å². The van der Waals surface area contributed by atoms with Crippen molar-refractivity contribution < 1.29 is 24.3 Å². The Morgan fingerprint density at radius 1 is 0.833 bits per heavy atom. The number of unbranched alkanes of at least 4 members (excludes halogenated alkanes) is 1. The minimum Gasteiger partial charge on any atom is -0.480 e. The van der Waals surface area contributed by atoms with Gasteiger partial charge in [0.25, 0.3) is 0 Å². The molecule has 0 aliphatic heterocycles.